The zero-order valence-electron chi connectivity index (χ0n) is 4.40. The molecule has 0 radical (unpaired) electrons. The minimum Gasteiger partial charge on any atom is -0.326 e. The number of hydrogen-bond acceptors (Lipinski definition) is 2. The van der Waals surface area contributed by atoms with Gasteiger partial charge in [-0.1, -0.05) is 6.92 Å². The van der Waals surface area contributed by atoms with Crippen LogP contribution in [-0.2, 0) is 4.79 Å². The molecule has 0 aromatic rings. The van der Waals surface area contributed by atoms with Crippen LogP contribution in [0.15, 0.2) is 5.57 Å². The van der Waals surface area contributed by atoms with Gasteiger partial charge in [0.25, 0.3) is 0 Å². The van der Waals surface area contributed by atoms with E-state index in [0.29, 0.717) is 12.1 Å². The molecule has 0 aliphatic rings. The molecule has 0 amide bonds. The molecule has 2 N–H and O–H groups in total. The SMILES string of the molecule is CCC(=C=O)CN. The Labute approximate surface area is 43.0 Å². The molecule has 0 fully saturated rings. The molecule has 2 heteroatoms. The smallest absolute Gasteiger partial charge is 0.124 e. The maximum atomic E-state index is 9.73. The van der Waals surface area contributed by atoms with Crippen LogP contribution < -0.4 is 5.73 Å². The third-order valence-corrected chi connectivity index (χ3v) is 0.818. The van der Waals surface area contributed by atoms with Gasteiger partial charge < -0.3 is 5.73 Å². The van der Waals surface area contributed by atoms with Crippen molar-refractivity contribution >= 4 is 5.94 Å². The molecule has 0 saturated carbocycles. The van der Waals surface area contributed by atoms with Crippen LogP contribution in [0.2, 0.25) is 0 Å². The number of carbonyl (C=O) groups excluding carboxylic acids is 1. The number of rotatable bonds is 2. The summed E-state index contributed by atoms with van der Waals surface area (Å²) >= 11 is 0. The molecule has 0 aromatic heterocycles. The lowest BCUT2D eigenvalue weighted by Crippen LogP contribution is -2.01. The van der Waals surface area contributed by atoms with E-state index in [9.17, 15) is 4.79 Å². The third-order valence-electron chi connectivity index (χ3n) is 0.818. The highest BCUT2D eigenvalue weighted by Gasteiger charge is 1.85. The van der Waals surface area contributed by atoms with Crippen molar-refractivity contribution in [2.24, 2.45) is 5.73 Å². The van der Waals surface area contributed by atoms with E-state index < -0.39 is 0 Å². The average Bonchev–Trinajstić information content (AvgIpc) is 1.72. The Morgan fingerprint density at radius 3 is 2.43 bits per heavy atom. The van der Waals surface area contributed by atoms with Crippen molar-refractivity contribution in [2.75, 3.05) is 6.54 Å². The van der Waals surface area contributed by atoms with E-state index in [4.69, 9.17) is 5.73 Å². The van der Waals surface area contributed by atoms with Gasteiger partial charge in [0.15, 0.2) is 0 Å². The van der Waals surface area contributed by atoms with E-state index in [2.05, 4.69) is 0 Å². The van der Waals surface area contributed by atoms with Gasteiger partial charge in [-0.2, -0.15) is 0 Å². The highest BCUT2D eigenvalue weighted by Crippen LogP contribution is 1.87. The number of nitrogens with two attached hydrogens (primary N) is 1. The van der Waals surface area contributed by atoms with Gasteiger partial charge >= 0.3 is 0 Å². The van der Waals surface area contributed by atoms with Gasteiger partial charge in [0.1, 0.15) is 5.94 Å². The zero-order chi connectivity index (χ0) is 5.70. The first-order valence-corrected chi connectivity index (χ1v) is 2.28. The molecule has 40 valence electrons. The van der Waals surface area contributed by atoms with E-state index >= 15 is 0 Å². The second-order valence-corrected chi connectivity index (χ2v) is 1.26. The van der Waals surface area contributed by atoms with E-state index in [0.717, 1.165) is 6.42 Å². The van der Waals surface area contributed by atoms with Gasteiger partial charge in [-0.25, -0.2) is 4.79 Å². The molecule has 0 aromatic carbocycles. The van der Waals surface area contributed by atoms with Gasteiger partial charge in [0.05, 0.1) is 0 Å². The van der Waals surface area contributed by atoms with Gasteiger partial charge in [-0.3, -0.25) is 0 Å². The van der Waals surface area contributed by atoms with Crippen LogP contribution in [0.1, 0.15) is 13.3 Å². The lowest BCUT2D eigenvalue weighted by Gasteiger charge is -1.86. The number of hydrogen-bond donors (Lipinski definition) is 1. The summed E-state index contributed by atoms with van der Waals surface area (Å²) in [7, 11) is 0. The molecule has 0 rings (SSSR count). The minimum atomic E-state index is 0.347. The Bertz CT molecular complexity index is 86.3. The Hall–Kier alpha value is -0.590. The highest BCUT2D eigenvalue weighted by molar-refractivity contribution is 5.52. The van der Waals surface area contributed by atoms with Crippen LogP contribution in [-0.4, -0.2) is 12.5 Å². The van der Waals surface area contributed by atoms with Crippen LogP contribution in [0, 0.1) is 0 Å². The second-order valence-electron chi connectivity index (χ2n) is 1.26. The van der Waals surface area contributed by atoms with E-state index in [1.54, 1.807) is 5.94 Å². The van der Waals surface area contributed by atoms with Crippen molar-refractivity contribution in [1.82, 2.24) is 0 Å². The summed E-state index contributed by atoms with van der Waals surface area (Å²) in [5, 5.41) is 0. The molecule has 0 bridgehead atoms. The largest absolute Gasteiger partial charge is 0.326 e. The quantitative estimate of drug-likeness (QED) is 0.499. The normalized spacial score (nSPS) is 7.71. The predicted molar refractivity (Wildman–Crippen MR) is 28.6 cm³/mol. The molecular weight excluding hydrogens is 90.1 g/mol. The monoisotopic (exact) mass is 99.1 g/mol. The summed E-state index contributed by atoms with van der Waals surface area (Å²) in [4.78, 5) is 9.73. The topological polar surface area (TPSA) is 43.1 Å². The molecule has 0 unspecified atom stereocenters. The summed E-state index contributed by atoms with van der Waals surface area (Å²) in [6.45, 7) is 2.23. The fourth-order valence-electron chi connectivity index (χ4n) is 0.258. The van der Waals surface area contributed by atoms with E-state index in [-0.39, 0.29) is 0 Å². The molecule has 0 saturated heterocycles. The van der Waals surface area contributed by atoms with Crippen LogP contribution in [0.25, 0.3) is 0 Å². The lowest BCUT2D eigenvalue weighted by atomic mass is 10.2. The van der Waals surface area contributed by atoms with Crippen LogP contribution in [0.4, 0.5) is 0 Å². The Morgan fingerprint density at radius 2 is 2.43 bits per heavy atom. The maximum Gasteiger partial charge on any atom is 0.124 e. The summed E-state index contributed by atoms with van der Waals surface area (Å²) in [6, 6.07) is 0. The first-order valence-electron chi connectivity index (χ1n) is 2.28. The summed E-state index contributed by atoms with van der Waals surface area (Å²) < 4.78 is 0. The Kier molecular flexibility index (Phi) is 3.29. The van der Waals surface area contributed by atoms with Crippen molar-refractivity contribution in [3.05, 3.63) is 5.57 Å². The molecule has 0 aliphatic carbocycles. The lowest BCUT2D eigenvalue weighted by molar-refractivity contribution is 0.566. The maximum absolute atomic E-state index is 9.73. The van der Waals surface area contributed by atoms with Crippen molar-refractivity contribution in [3.63, 3.8) is 0 Å². The summed E-state index contributed by atoms with van der Waals surface area (Å²) in [5.74, 6) is 1.74. The van der Waals surface area contributed by atoms with Crippen LogP contribution in [0.3, 0.4) is 0 Å². The standard InChI is InChI=1S/C5H9NO/c1-2-5(3-6)4-7/h2-3,6H2,1H3. The molecular formula is C5H9NO. The van der Waals surface area contributed by atoms with Crippen LogP contribution in [0.5, 0.6) is 0 Å². The van der Waals surface area contributed by atoms with E-state index in [1.807, 2.05) is 6.92 Å². The fraction of sp³-hybridized carbons (Fsp3) is 0.600. The highest BCUT2D eigenvalue weighted by atomic mass is 16.1. The van der Waals surface area contributed by atoms with Crippen LogP contribution >= 0.6 is 0 Å². The molecule has 0 heterocycles. The third kappa shape index (κ3) is 2.15. The molecule has 7 heavy (non-hydrogen) atoms. The molecule has 0 atom stereocenters. The van der Waals surface area contributed by atoms with Gasteiger partial charge in [0, 0.05) is 12.1 Å². The molecule has 0 aliphatic heterocycles. The van der Waals surface area contributed by atoms with E-state index in [1.165, 1.54) is 0 Å². The molecule has 0 spiro atoms. The Morgan fingerprint density at radius 1 is 1.86 bits per heavy atom. The van der Waals surface area contributed by atoms with Gasteiger partial charge in [0.2, 0.25) is 0 Å². The van der Waals surface area contributed by atoms with Crippen molar-refractivity contribution in [2.45, 2.75) is 13.3 Å². The van der Waals surface area contributed by atoms with Crippen molar-refractivity contribution in [1.29, 1.82) is 0 Å². The van der Waals surface area contributed by atoms with Crippen molar-refractivity contribution in [3.8, 4) is 0 Å². The fourth-order valence-corrected chi connectivity index (χ4v) is 0.258. The van der Waals surface area contributed by atoms with Gasteiger partial charge in [-0.15, -0.1) is 0 Å². The Balaban J connectivity index is 3.61. The second kappa shape index (κ2) is 3.59. The zero-order valence-corrected chi connectivity index (χ0v) is 4.40. The summed E-state index contributed by atoms with van der Waals surface area (Å²) in [6.07, 6.45) is 0.722. The summed E-state index contributed by atoms with van der Waals surface area (Å²) in [5.41, 5.74) is 5.75. The predicted octanol–water partition coefficient (Wildman–Crippen LogP) is 0.113. The van der Waals surface area contributed by atoms with Gasteiger partial charge in [-0.05, 0) is 6.42 Å². The van der Waals surface area contributed by atoms with Crippen molar-refractivity contribution < 1.29 is 4.79 Å². The first-order chi connectivity index (χ1) is 3.35. The average molecular weight is 99.1 g/mol. The minimum absolute atomic E-state index is 0.347. The first kappa shape index (κ1) is 6.41. The molecule has 2 nitrogen and oxygen atoms in total.